The Morgan fingerprint density at radius 3 is 2.09 bits per heavy atom. The molecule has 1 aromatic heterocycles. The van der Waals surface area contributed by atoms with Crippen molar-refractivity contribution in [2.75, 3.05) is 19.7 Å². The normalized spacial score (nSPS) is 13.0. The Hall–Kier alpha value is -0.920. The van der Waals surface area contributed by atoms with Crippen LogP contribution in [0.3, 0.4) is 0 Å². The van der Waals surface area contributed by atoms with Crippen LogP contribution in [-0.2, 0) is 6.54 Å². The van der Waals surface area contributed by atoms with E-state index in [0.717, 1.165) is 30.8 Å². The minimum atomic E-state index is -0.521. The number of hydrogen-bond acceptors (Lipinski definition) is 3. The van der Waals surface area contributed by atoms with Gasteiger partial charge in [-0.2, -0.15) is 0 Å². The van der Waals surface area contributed by atoms with Crippen molar-refractivity contribution in [3.05, 3.63) is 45.3 Å². The van der Waals surface area contributed by atoms with Crippen LogP contribution < -0.4 is 5.32 Å². The molecule has 23 heavy (non-hydrogen) atoms. The van der Waals surface area contributed by atoms with Gasteiger partial charge in [-0.25, -0.2) is 0 Å². The minimum Gasteiger partial charge on any atom is -0.395 e. The molecule has 3 rings (SSSR count). The molecule has 3 aromatic rings. The first-order valence-electron chi connectivity index (χ1n) is 7.47. The Kier molecular flexibility index (Phi) is 5.38. The number of aliphatic hydroxyl groups is 2. The molecule has 0 aliphatic heterocycles. The highest BCUT2D eigenvalue weighted by atomic mass is 79.9. The predicted molar refractivity (Wildman–Crippen MR) is 101 cm³/mol. The lowest BCUT2D eigenvalue weighted by Gasteiger charge is -2.14. The lowest BCUT2D eigenvalue weighted by molar-refractivity contribution is 0.151. The summed E-state index contributed by atoms with van der Waals surface area (Å²) in [6, 6.07) is 12.4. The molecule has 4 nitrogen and oxygen atoms in total. The van der Waals surface area contributed by atoms with Gasteiger partial charge in [-0.1, -0.05) is 31.9 Å². The predicted octanol–water partition coefficient (Wildman–Crippen LogP) is 3.26. The molecule has 0 fully saturated rings. The highest BCUT2D eigenvalue weighted by Crippen LogP contribution is 2.33. The maximum absolute atomic E-state index is 10.3. The fraction of sp³-hybridized carbons (Fsp3) is 0.294. The van der Waals surface area contributed by atoms with E-state index in [1.165, 1.54) is 0 Å². The largest absolute Gasteiger partial charge is 0.395 e. The quantitative estimate of drug-likeness (QED) is 0.514. The summed E-state index contributed by atoms with van der Waals surface area (Å²) in [7, 11) is 0. The van der Waals surface area contributed by atoms with Gasteiger partial charge in [0.05, 0.1) is 19.3 Å². The molecule has 1 heterocycles. The number of aliphatic hydroxyl groups excluding tert-OH is 2. The summed E-state index contributed by atoms with van der Waals surface area (Å²) >= 11 is 7.07. The van der Waals surface area contributed by atoms with Crippen LogP contribution in [0.25, 0.3) is 21.8 Å². The molecule has 0 saturated heterocycles. The van der Waals surface area contributed by atoms with E-state index >= 15 is 0 Å². The second-order valence-corrected chi connectivity index (χ2v) is 7.35. The van der Waals surface area contributed by atoms with Crippen molar-refractivity contribution in [3.63, 3.8) is 0 Å². The first kappa shape index (κ1) is 16.9. The van der Waals surface area contributed by atoms with E-state index in [1.54, 1.807) is 0 Å². The van der Waals surface area contributed by atoms with Crippen molar-refractivity contribution < 1.29 is 10.2 Å². The third-order valence-electron chi connectivity index (χ3n) is 3.85. The molecule has 122 valence electrons. The molecule has 0 amide bonds. The van der Waals surface area contributed by atoms with Crippen LogP contribution in [0.4, 0.5) is 0 Å². The fourth-order valence-electron chi connectivity index (χ4n) is 2.87. The monoisotopic (exact) mass is 440 g/mol. The van der Waals surface area contributed by atoms with Crippen molar-refractivity contribution in [2.45, 2.75) is 12.6 Å². The zero-order valence-electron chi connectivity index (χ0n) is 12.5. The lowest BCUT2D eigenvalue weighted by Crippen LogP contribution is -2.31. The van der Waals surface area contributed by atoms with Crippen molar-refractivity contribution >= 4 is 53.7 Å². The highest BCUT2D eigenvalue weighted by Gasteiger charge is 2.14. The summed E-state index contributed by atoms with van der Waals surface area (Å²) in [5, 5.41) is 24.5. The Balaban J connectivity index is 2.03. The SMILES string of the molecule is OCCNC[C@H](O)Cn1c2ccc(Br)cc2c2cc(Br)ccc21. The summed E-state index contributed by atoms with van der Waals surface area (Å²) in [4.78, 5) is 0. The standard InChI is InChI=1S/C17H18Br2N2O2/c18-11-1-3-16-14(7-11)15-8-12(19)2-4-17(15)21(16)10-13(23)9-20-5-6-22/h1-4,7-8,13,20,22-23H,5-6,9-10H2/t13-/m0/s1. The van der Waals surface area contributed by atoms with Gasteiger partial charge in [0, 0.05) is 43.8 Å². The fourth-order valence-corrected chi connectivity index (χ4v) is 3.59. The van der Waals surface area contributed by atoms with Gasteiger partial charge in [0.15, 0.2) is 0 Å². The third kappa shape index (κ3) is 3.61. The topological polar surface area (TPSA) is 57.4 Å². The van der Waals surface area contributed by atoms with Gasteiger partial charge < -0.3 is 20.1 Å². The maximum Gasteiger partial charge on any atom is 0.0843 e. The lowest BCUT2D eigenvalue weighted by atomic mass is 10.2. The van der Waals surface area contributed by atoms with E-state index in [1.807, 2.05) is 12.1 Å². The Morgan fingerprint density at radius 2 is 1.57 bits per heavy atom. The van der Waals surface area contributed by atoms with E-state index in [2.05, 4.69) is 66.0 Å². The summed E-state index contributed by atoms with van der Waals surface area (Å²) in [5.41, 5.74) is 2.20. The number of hydrogen-bond donors (Lipinski definition) is 3. The zero-order valence-corrected chi connectivity index (χ0v) is 15.6. The molecule has 2 aromatic carbocycles. The van der Waals surface area contributed by atoms with Crippen LogP contribution in [-0.4, -0.2) is 40.6 Å². The second kappa shape index (κ2) is 7.32. The van der Waals surface area contributed by atoms with Crippen LogP contribution in [0.1, 0.15) is 0 Å². The van der Waals surface area contributed by atoms with E-state index in [9.17, 15) is 5.11 Å². The molecule has 0 spiro atoms. The van der Waals surface area contributed by atoms with Crippen LogP contribution in [0.2, 0.25) is 0 Å². The molecule has 0 aliphatic carbocycles. The Morgan fingerprint density at radius 1 is 1.00 bits per heavy atom. The first-order chi connectivity index (χ1) is 11.1. The van der Waals surface area contributed by atoms with E-state index in [4.69, 9.17) is 5.11 Å². The first-order valence-corrected chi connectivity index (χ1v) is 9.05. The van der Waals surface area contributed by atoms with Crippen LogP contribution in [0.15, 0.2) is 45.3 Å². The molecule has 0 unspecified atom stereocenters. The van der Waals surface area contributed by atoms with Crippen molar-refractivity contribution in [2.24, 2.45) is 0 Å². The number of fused-ring (bicyclic) bond motifs is 3. The number of rotatable bonds is 6. The number of nitrogens with one attached hydrogen (secondary N) is 1. The third-order valence-corrected chi connectivity index (χ3v) is 4.84. The minimum absolute atomic E-state index is 0.0736. The number of aromatic nitrogens is 1. The molecule has 0 saturated carbocycles. The van der Waals surface area contributed by atoms with Crippen LogP contribution in [0.5, 0.6) is 0 Å². The molecule has 3 N–H and O–H groups in total. The summed E-state index contributed by atoms with van der Waals surface area (Å²) in [5.74, 6) is 0. The summed E-state index contributed by atoms with van der Waals surface area (Å²) in [6.07, 6.45) is -0.521. The van der Waals surface area contributed by atoms with E-state index in [-0.39, 0.29) is 6.61 Å². The average molecular weight is 442 g/mol. The van der Waals surface area contributed by atoms with Crippen LogP contribution >= 0.6 is 31.9 Å². The molecule has 0 bridgehead atoms. The number of halogens is 2. The number of benzene rings is 2. The average Bonchev–Trinajstić information content (AvgIpc) is 2.80. The molecular formula is C17H18Br2N2O2. The smallest absolute Gasteiger partial charge is 0.0843 e. The molecule has 6 heteroatoms. The highest BCUT2D eigenvalue weighted by molar-refractivity contribution is 9.10. The van der Waals surface area contributed by atoms with Gasteiger partial charge in [-0.15, -0.1) is 0 Å². The molecule has 1 atom stereocenters. The van der Waals surface area contributed by atoms with Crippen molar-refractivity contribution in [1.82, 2.24) is 9.88 Å². The van der Waals surface area contributed by atoms with Crippen LogP contribution in [0, 0.1) is 0 Å². The summed E-state index contributed by atoms with van der Waals surface area (Å²) < 4.78 is 4.22. The van der Waals surface area contributed by atoms with Gasteiger partial charge in [0.25, 0.3) is 0 Å². The van der Waals surface area contributed by atoms with Gasteiger partial charge in [-0.05, 0) is 36.4 Å². The zero-order chi connectivity index (χ0) is 16.4. The summed E-state index contributed by atoms with van der Waals surface area (Å²) in [6.45, 7) is 1.52. The van der Waals surface area contributed by atoms with Gasteiger partial charge in [0.1, 0.15) is 0 Å². The van der Waals surface area contributed by atoms with Crippen molar-refractivity contribution in [1.29, 1.82) is 0 Å². The molecular weight excluding hydrogens is 424 g/mol. The van der Waals surface area contributed by atoms with E-state index in [0.29, 0.717) is 19.6 Å². The second-order valence-electron chi connectivity index (χ2n) is 5.52. The Bertz CT molecular complexity index is 773. The van der Waals surface area contributed by atoms with Gasteiger partial charge >= 0.3 is 0 Å². The van der Waals surface area contributed by atoms with Crippen molar-refractivity contribution in [3.8, 4) is 0 Å². The Labute approximate surface area is 151 Å². The van der Waals surface area contributed by atoms with E-state index < -0.39 is 6.10 Å². The number of nitrogens with zero attached hydrogens (tertiary/aromatic N) is 1. The van der Waals surface area contributed by atoms with Gasteiger partial charge in [0.2, 0.25) is 0 Å². The maximum atomic E-state index is 10.3. The molecule has 0 aliphatic rings. The molecule has 0 radical (unpaired) electrons. The van der Waals surface area contributed by atoms with Gasteiger partial charge in [-0.3, -0.25) is 0 Å².